The zero-order chi connectivity index (χ0) is 11.9. The Morgan fingerprint density at radius 1 is 1.35 bits per heavy atom. The van der Waals surface area contributed by atoms with E-state index in [9.17, 15) is 0 Å². The summed E-state index contributed by atoms with van der Waals surface area (Å²) in [7, 11) is 2.05. The summed E-state index contributed by atoms with van der Waals surface area (Å²) in [6.45, 7) is 1.87. The summed E-state index contributed by atoms with van der Waals surface area (Å²) in [6, 6.07) is 0.709. The zero-order valence-corrected chi connectivity index (χ0v) is 10.6. The summed E-state index contributed by atoms with van der Waals surface area (Å²) in [6.07, 6.45) is 12.2. The number of rotatable bonds is 6. The van der Waals surface area contributed by atoms with Gasteiger partial charge in [0.25, 0.3) is 0 Å². The lowest BCUT2D eigenvalue weighted by molar-refractivity contribution is 0.0205. The van der Waals surface area contributed by atoms with E-state index in [1.807, 2.05) is 18.7 Å². The Labute approximate surface area is 103 Å². The number of nitrogens with one attached hydrogen (secondary N) is 1. The Morgan fingerprint density at radius 2 is 2.18 bits per heavy atom. The van der Waals surface area contributed by atoms with Crippen LogP contribution in [-0.4, -0.2) is 35.4 Å². The quantitative estimate of drug-likeness (QED) is 0.767. The molecule has 2 rings (SSSR count). The molecule has 0 radical (unpaired) electrons. The Hall–Kier alpha value is -0.870. The lowest BCUT2D eigenvalue weighted by atomic mass is 9.93. The fourth-order valence-corrected chi connectivity index (χ4v) is 2.43. The molecule has 0 amide bonds. The smallest absolute Gasteiger partial charge is 0.0945 e. The predicted molar refractivity (Wildman–Crippen MR) is 67.9 cm³/mol. The topological polar surface area (TPSA) is 39.1 Å². The monoisotopic (exact) mass is 237 g/mol. The molecule has 1 fully saturated rings. The number of ether oxygens (including phenoxy) is 1. The SMILES string of the molecule is CNC1CCC(OCCCn2ccnc2)CC1. The van der Waals surface area contributed by atoms with Crippen molar-refractivity contribution in [3.63, 3.8) is 0 Å². The summed E-state index contributed by atoms with van der Waals surface area (Å²) in [5.41, 5.74) is 0. The molecule has 1 aliphatic rings. The number of imidazole rings is 1. The van der Waals surface area contributed by atoms with E-state index in [2.05, 4.69) is 21.9 Å². The molecule has 0 bridgehead atoms. The van der Waals surface area contributed by atoms with Crippen LogP contribution < -0.4 is 5.32 Å². The molecule has 1 N–H and O–H groups in total. The summed E-state index contributed by atoms with van der Waals surface area (Å²) < 4.78 is 8.01. The van der Waals surface area contributed by atoms with Gasteiger partial charge in [-0.3, -0.25) is 0 Å². The molecular weight excluding hydrogens is 214 g/mol. The zero-order valence-electron chi connectivity index (χ0n) is 10.6. The van der Waals surface area contributed by atoms with Gasteiger partial charge >= 0.3 is 0 Å². The molecule has 96 valence electrons. The molecular formula is C13H23N3O. The molecule has 0 saturated heterocycles. The first-order chi connectivity index (χ1) is 8.38. The molecule has 0 aromatic carbocycles. The molecule has 0 spiro atoms. The summed E-state index contributed by atoms with van der Waals surface area (Å²) in [5, 5.41) is 3.34. The summed E-state index contributed by atoms with van der Waals surface area (Å²) >= 11 is 0. The second-order valence-corrected chi connectivity index (χ2v) is 4.79. The molecule has 17 heavy (non-hydrogen) atoms. The number of hydrogen-bond donors (Lipinski definition) is 1. The van der Waals surface area contributed by atoms with Crippen molar-refractivity contribution in [2.75, 3.05) is 13.7 Å². The molecule has 1 saturated carbocycles. The van der Waals surface area contributed by atoms with Crippen molar-refractivity contribution in [3.8, 4) is 0 Å². The molecule has 1 aliphatic carbocycles. The van der Waals surface area contributed by atoms with Gasteiger partial charge in [-0.05, 0) is 39.2 Å². The Kier molecular flexibility index (Phi) is 5.01. The van der Waals surface area contributed by atoms with Crippen LogP contribution >= 0.6 is 0 Å². The van der Waals surface area contributed by atoms with Crippen molar-refractivity contribution in [3.05, 3.63) is 18.7 Å². The van der Waals surface area contributed by atoms with Gasteiger partial charge in [-0.25, -0.2) is 4.98 Å². The maximum Gasteiger partial charge on any atom is 0.0945 e. The molecule has 0 aliphatic heterocycles. The minimum absolute atomic E-state index is 0.488. The molecule has 1 aromatic heterocycles. The molecule has 4 nitrogen and oxygen atoms in total. The van der Waals surface area contributed by atoms with Crippen molar-refractivity contribution in [1.29, 1.82) is 0 Å². The van der Waals surface area contributed by atoms with E-state index in [4.69, 9.17) is 4.74 Å². The first-order valence-corrected chi connectivity index (χ1v) is 6.63. The van der Waals surface area contributed by atoms with E-state index < -0.39 is 0 Å². The van der Waals surface area contributed by atoms with Crippen LogP contribution in [0.15, 0.2) is 18.7 Å². The maximum atomic E-state index is 5.91. The third kappa shape index (κ3) is 4.13. The van der Waals surface area contributed by atoms with Gasteiger partial charge in [0.05, 0.1) is 12.4 Å². The van der Waals surface area contributed by atoms with E-state index in [0.29, 0.717) is 12.1 Å². The largest absolute Gasteiger partial charge is 0.378 e. The summed E-state index contributed by atoms with van der Waals surface area (Å²) in [5.74, 6) is 0. The predicted octanol–water partition coefficient (Wildman–Crippen LogP) is 1.82. The first-order valence-electron chi connectivity index (χ1n) is 6.63. The van der Waals surface area contributed by atoms with Crippen LogP contribution in [0.1, 0.15) is 32.1 Å². The van der Waals surface area contributed by atoms with Crippen LogP contribution in [0.5, 0.6) is 0 Å². The highest BCUT2D eigenvalue weighted by Gasteiger charge is 2.19. The number of hydrogen-bond acceptors (Lipinski definition) is 3. The van der Waals surface area contributed by atoms with Crippen LogP contribution in [-0.2, 0) is 11.3 Å². The van der Waals surface area contributed by atoms with Crippen molar-refractivity contribution in [2.45, 2.75) is 50.8 Å². The van der Waals surface area contributed by atoms with Crippen LogP contribution in [0.4, 0.5) is 0 Å². The van der Waals surface area contributed by atoms with Crippen molar-refractivity contribution < 1.29 is 4.74 Å². The summed E-state index contributed by atoms with van der Waals surface area (Å²) in [4.78, 5) is 4.02. The van der Waals surface area contributed by atoms with Crippen LogP contribution in [0, 0.1) is 0 Å². The van der Waals surface area contributed by atoms with Gasteiger partial charge in [0, 0.05) is 31.6 Å². The average molecular weight is 237 g/mol. The Bertz CT molecular complexity index is 292. The van der Waals surface area contributed by atoms with Gasteiger partial charge < -0.3 is 14.6 Å². The van der Waals surface area contributed by atoms with Gasteiger partial charge in [-0.1, -0.05) is 0 Å². The third-order valence-corrected chi connectivity index (χ3v) is 3.56. The van der Waals surface area contributed by atoms with Gasteiger partial charge in [0.2, 0.25) is 0 Å². The molecule has 4 heteroatoms. The van der Waals surface area contributed by atoms with Crippen LogP contribution in [0.25, 0.3) is 0 Å². The van der Waals surface area contributed by atoms with Gasteiger partial charge in [0.1, 0.15) is 0 Å². The fourth-order valence-electron chi connectivity index (χ4n) is 2.43. The first kappa shape index (κ1) is 12.6. The normalized spacial score (nSPS) is 25.0. The third-order valence-electron chi connectivity index (χ3n) is 3.56. The highest BCUT2D eigenvalue weighted by molar-refractivity contribution is 4.76. The van der Waals surface area contributed by atoms with E-state index in [1.165, 1.54) is 25.7 Å². The second-order valence-electron chi connectivity index (χ2n) is 4.79. The second kappa shape index (κ2) is 6.77. The fraction of sp³-hybridized carbons (Fsp3) is 0.769. The van der Waals surface area contributed by atoms with Crippen LogP contribution in [0.2, 0.25) is 0 Å². The van der Waals surface area contributed by atoms with Crippen molar-refractivity contribution in [2.24, 2.45) is 0 Å². The van der Waals surface area contributed by atoms with E-state index in [1.54, 1.807) is 0 Å². The molecule has 0 atom stereocenters. The van der Waals surface area contributed by atoms with E-state index in [0.717, 1.165) is 19.6 Å². The number of nitrogens with zero attached hydrogens (tertiary/aromatic N) is 2. The van der Waals surface area contributed by atoms with Gasteiger partial charge in [-0.2, -0.15) is 0 Å². The average Bonchev–Trinajstić information content (AvgIpc) is 2.88. The minimum Gasteiger partial charge on any atom is -0.378 e. The highest BCUT2D eigenvalue weighted by Crippen LogP contribution is 2.20. The molecule has 1 heterocycles. The van der Waals surface area contributed by atoms with Crippen molar-refractivity contribution >= 4 is 0 Å². The van der Waals surface area contributed by atoms with Gasteiger partial charge in [-0.15, -0.1) is 0 Å². The lowest BCUT2D eigenvalue weighted by Crippen LogP contribution is -2.33. The molecule has 1 aromatic rings. The van der Waals surface area contributed by atoms with Gasteiger partial charge in [0.15, 0.2) is 0 Å². The van der Waals surface area contributed by atoms with E-state index >= 15 is 0 Å². The number of aryl methyl sites for hydroxylation is 1. The lowest BCUT2D eigenvalue weighted by Gasteiger charge is -2.28. The molecule has 0 unspecified atom stereocenters. The van der Waals surface area contributed by atoms with Crippen LogP contribution in [0.3, 0.4) is 0 Å². The number of aromatic nitrogens is 2. The Morgan fingerprint density at radius 3 is 2.82 bits per heavy atom. The Balaban J connectivity index is 1.54. The maximum absolute atomic E-state index is 5.91. The highest BCUT2D eigenvalue weighted by atomic mass is 16.5. The minimum atomic E-state index is 0.488. The van der Waals surface area contributed by atoms with E-state index in [-0.39, 0.29) is 0 Å². The van der Waals surface area contributed by atoms with Crippen molar-refractivity contribution in [1.82, 2.24) is 14.9 Å². The standard InChI is InChI=1S/C13H23N3O/c1-14-12-3-5-13(6-4-12)17-10-2-8-16-9-7-15-11-16/h7,9,11-14H,2-6,8,10H2,1H3.